The monoisotopic (exact) mass is 274 g/mol. The summed E-state index contributed by atoms with van der Waals surface area (Å²) in [4.78, 5) is 0.236. The summed E-state index contributed by atoms with van der Waals surface area (Å²) in [6, 6.07) is 1.49. The van der Waals surface area contributed by atoms with Crippen LogP contribution in [0.4, 0.5) is 0 Å². The molecule has 0 aliphatic rings. The Balaban J connectivity index is 3.05. The summed E-state index contributed by atoms with van der Waals surface area (Å²) in [6.07, 6.45) is 3.31. The second-order valence-electron chi connectivity index (χ2n) is 4.60. The molecule has 0 spiro atoms. The normalized spacial score (nSPS) is 14.1. The van der Waals surface area contributed by atoms with Crippen molar-refractivity contribution in [3.8, 4) is 0 Å². The molecule has 1 unspecified atom stereocenters. The van der Waals surface area contributed by atoms with Gasteiger partial charge < -0.3 is 9.67 Å². The minimum absolute atomic E-state index is 0.0298. The smallest absolute Gasteiger partial charge is 0.244 e. The standard InChI is InChI=1S/C12H22N2O3S/c1-5-6-10(2)14(4)18(16,17)12-7-11(9-15)13(3)8-12/h7-8,10,15H,5-6,9H2,1-4H3. The minimum atomic E-state index is -3.47. The number of aryl methyl sites for hydroxylation is 1. The second kappa shape index (κ2) is 5.86. The predicted octanol–water partition coefficient (Wildman–Crippen LogP) is 1.33. The predicted molar refractivity (Wildman–Crippen MR) is 70.7 cm³/mol. The zero-order valence-corrected chi connectivity index (χ0v) is 12.2. The molecule has 0 amide bonds. The summed E-state index contributed by atoms with van der Waals surface area (Å²) in [5, 5.41) is 9.10. The molecule has 0 aromatic carbocycles. The van der Waals surface area contributed by atoms with Crippen LogP contribution in [-0.2, 0) is 23.7 Å². The zero-order valence-electron chi connectivity index (χ0n) is 11.4. The van der Waals surface area contributed by atoms with Gasteiger partial charge in [0.15, 0.2) is 0 Å². The van der Waals surface area contributed by atoms with Crippen molar-refractivity contribution in [1.82, 2.24) is 8.87 Å². The van der Waals surface area contributed by atoms with Crippen molar-refractivity contribution in [2.75, 3.05) is 7.05 Å². The molecular weight excluding hydrogens is 252 g/mol. The van der Waals surface area contributed by atoms with Gasteiger partial charge in [0.05, 0.1) is 6.61 Å². The van der Waals surface area contributed by atoms with Crippen LogP contribution in [0.3, 0.4) is 0 Å². The third kappa shape index (κ3) is 2.93. The number of aromatic nitrogens is 1. The fourth-order valence-corrected chi connectivity index (χ4v) is 3.37. The summed E-state index contributed by atoms with van der Waals surface area (Å²) in [5.41, 5.74) is 0.588. The van der Waals surface area contributed by atoms with E-state index in [1.54, 1.807) is 18.7 Å². The highest BCUT2D eigenvalue weighted by Gasteiger charge is 2.26. The van der Waals surface area contributed by atoms with Crippen LogP contribution in [0, 0.1) is 0 Å². The molecule has 0 bridgehead atoms. The Bertz CT molecular complexity index is 493. The third-order valence-corrected chi connectivity index (χ3v) is 5.19. The second-order valence-corrected chi connectivity index (χ2v) is 6.59. The number of nitrogens with zero attached hydrogens (tertiary/aromatic N) is 2. The average Bonchev–Trinajstić information content (AvgIpc) is 2.70. The van der Waals surface area contributed by atoms with Crippen LogP contribution in [0.2, 0.25) is 0 Å². The van der Waals surface area contributed by atoms with Crippen LogP contribution in [-0.4, -0.2) is 35.5 Å². The lowest BCUT2D eigenvalue weighted by Gasteiger charge is -2.23. The first-order valence-electron chi connectivity index (χ1n) is 6.08. The molecule has 1 N–H and O–H groups in total. The number of hydrogen-bond acceptors (Lipinski definition) is 3. The van der Waals surface area contributed by atoms with Crippen molar-refractivity contribution in [3.05, 3.63) is 18.0 Å². The van der Waals surface area contributed by atoms with Gasteiger partial charge in [0, 0.05) is 32.0 Å². The van der Waals surface area contributed by atoms with Crippen molar-refractivity contribution in [3.63, 3.8) is 0 Å². The van der Waals surface area contributed by atoms with Crippen molar-refractivity contribution < 1.29 is 13.5 Å². The van der Waals surface area contributed by atoms with Crippen LogP contribution in [0.25, 0.3) is 0 Å². The molecule has 0 saturated heterocycles. The fraction of sp³-hybridized carbons (Fsp3) is 0.667. The lowest BCUT2D eigenvalue weighted by Crippen LogP contribution is -2.34. The van der Waals surface area contributed by atoms with E-state index in [4.69, 9.17) is 5.11 Å². The molecule has 0 radical (unpaired) electrons. The van der Waals surface area contributed by atoms with E-state index in [1.165, 1.54) is 16.6 Å². The van der Waals surface area contributed by atoms with Crippen molar-refractivity contribution in [2.45, 2.75) is 44.2 Å². The Morgan fingerprint density at radius 3 is 2.56 bits per heavy atom. The Morgan fingerprint density at radius 1 is 1.50 bits per heavy atom. The van der Waals surface area contributed by atoms with Crippen LogP contribution in [0.5, 0.6) is 0 Å². The van der Waals surface area contributed by atoms with Crippen LogP contribution in [0.1, 0.15) is 32.4 Å². The fourth-order valence-electron chi connectivity index (χ4n) is 1.88. The van der Waals surface area contributed by atoms with Gasteiger partial charge in [0.1, 0.15) is 4.90 Å². The molecular formula is C12H22N2O3S. The SMILES string of the molecule is CCCC(C)N(C)S(=O)(=O)c1cc(CO)n(C)c1. The van der Waals surface area contributed by atoms with Gasteiger partial charge in [-0.25, -0.2) is 8.42 Å². The van der Waals surface area contributed by atoms with Gasteiger partial charge >= 0.3 is 0 Å². The molecule has 1 aromatic heterocycles. The zero-order chi connectivity index (χ0) is 13.9. The van der Waals surface area contributed by atoms with Gasteiger partial charge in [-0.2, -0.15) is 4.31 Å². The molecule has 1 aromatic rings. The summed E-state index contributed by atoms with van der Waals surface area (Å²) < 4.78 is 27.7. The summed E-state index contributed by atoms with van der Waals surface area (Å²) >= 11 is 0. The Kier molecular flexibility index (Phi) is 4.95. The lowest BCUT2D eigenvalue weighted by atomic mass is 10.2. The van der Waals surface area contributed by atoms with Crippen molar-refractivity contribution >= 4 is 10.0 Å². The highest BCUT2D eigenvalue weighted by atomic mass is 32.2. The first-order valence-corrected chi connectivity index (χ1v) is 7.52. The maximum Gasteiger partial charge on any atom is 0.244 e. The van der Waals surface area contributed by atoms with Crippen LogP contribution >= 0.6 is 0 Å². The van der Waals surface area contributed by atoms with Crippen molar-refractivity contribution in [2.24, 2.45) is 7.05 Å². The highest BCUT2D eigenvalue weighted by Crippen LogP contribution is 2.20. The lowest BCUT2D eigenvalue weighted by molar-refractivity contribution is 0.272. The van der Waals surface area contributed by atoms with Crippen LogP contribution < -0.4 is 0 Å². The molecule has 104 valence electrons. The van der Waals surface area contributed by atoms with Crippen molar-refractivity contribution in [1.29, 1.82) is 0 Å². The van der Waals surface area contributed by atoms with E-state index < -0.39 is 10.0 Å². The molecule has 1 rings (SSSR count). The Morgan fingerprint density at radius 2 is 2.11 bits per heavy atom. The van der Waals surface area contributed by atoms with Gasteiger partial charge in [0.2, 0.25) is 10.0 Å². The molecule has 0 fully saturated rings. The maximum absolute atomic E-state index is 12.4. The van der Waals surface area contributed by atoms with E-state index in [0.29, 0.717) is 5.69 Å². The van der Waals surface area contributed by atoms with Gasteiger partial charge in [-0.3, -0.25) is 0 Å². The third-order valence-electron chi connectivity index (χ3n) is 3.25. The van der Waals surface area contributed by atoms with E-state index >= 15 is 0 Å². The van der Waals surface area contributed by atoms with E-state index in [2.05, 4.69) is 0 Å². The molecule has 0 aliphatic carbocycles. The topological polar surface area (TPSA) is 62.5 Å². The quantitative estimate of drug-likeness (QED) is 0.851. The molecule has 0 aliphatic heterocycles. The average molecular weight is 274 g/mol. The number of rotatable bonds is 6. The number of sulfonamides is 1. The Labute approximate surface area is 109 Å². The molecule has 0 saturated carbocycles. The Hall–Kier alpha value is -0.850. The minimum Gasteiger partial charge on any atom is -0.390 e. The van der Waals surface area contributed by atoms with Gasteiger partial charge in [-0.1, -0.05) is 13.3 Å². The number of aliphatic hydroxyl groups excluding tert-OH is 1. The maximum atomic E-state index is 12.4. The summed E-state index contributed by atoms with van der Waals surface area (Å²) in [6.45, 7) is 3.76. The molecule has 5 nitrogen and oxygen atoms in total. The first kappa shape index (κ1) is 15.2. The van der Waals surface area contributed by atoms with Crippen LogP contribution in [0.15, 0.2) is 17.2 Å². The number of hydrogen-bond donors (Lipinski definition) is 1. The summed E-state index contributed by atoms with van der Waals surface area (Å²) in [7, 11) is -0.150. The summed E-state index contributed by atoms with van der Waals surface area (Å²) in [5.74, 6) is 0. The molecule has 1 atom stereocenters. The highest BCUT2D eigenvalue weighted by molar-refractivity contribution is 7.89. The molecule has 1 heterocycles. The molecule has 18 heavy (non-hydrogen) atoms. The van der Waals surface area contributed by atoms with Gasteiger partial charge in [-0.15, -0.1) is 0 Å². The molecule has 6 heteroatoms. The first-order chi connectivity index (χ1) is 8.34. The van der Waals surface area contributed by atoms with Gasteiger partial charge in [-0.05, 0) is 19.4 Å². The van der Waals surface area contributed by atoms with E-state index in [1.807, 2.05) is 13.8 Å². The number of aliphatic hydroxyl groups is 1. The van der Waals surface area contributed by atoms with E-state index in [0.717, 1.165) is 12.8 Å². The van der Waals surface area contributed by atoms with E-state index in [-0.39, 0.29) is 17.5 Å². The largest absolute Gasteiger partial charge is 0.390 e. The van der Waals surface area contributed by atoms with E-state index in [9.17, 15) is 8.42 Å². The van der Waals surface area contributed by atoms with Gasteiger partial charge in [0.25, 0.3) is 0 Å².